The molecular weight excluding hydrogens is 669 g/mol. The van der Waals surface area contributed by atoms with Crippen molar-refractivity contribution in [2.45, 2.75) is 64.1 Å². The number of amides is 2. The topological polar surface area (TPSA) is 96.0 Å². The molecule has 0 saturated heterocycles. The van der Waals surface area contributed by atoms with Crippen molar-refractivity contribution in [1.82, 2.24) is 10.2 Å². The molecule has 0 unspecified atom stereocenters. The van der Waals surface area contributed by atoms with Gasteiger partial charge in [0, 0.05) is 29.1 Å². The Labute approximate surface area is 293 Å². The number of rotatable bonds is 15. The Morgan fingerprint density at radius 2 is 1.56 bits per heavy atom. The summed E-state index contributed by atoms with van der Waals surface area (Å²) in [6.45, 7) is 7.35. The minimum Gasteiger partial charge on any atom is -0.494 e. The zero-order chi connectivity index (χ0) is 34.8. The molecule has 0 spiro atoms. The zero-order valence-corrected chi connectivity index (χ0v) is 29.9. The number of sulfonamides is 1. The standard InChI is InChI=1S/C37H41Cl2N3O5S/c1-5-27(4)40-37(44)35(22-28-10-8-7-9-11-28)41(24-29-14-15-30(38)23-34(29)39)36(43)25-42(31-16-18-32(19-17-31)47-6-2)48(45,46)33-20-12-26(3)13-21-33/h7-21,23,27,35H,5-6,22,24-25H2,1-4H3,(H,40,44)/t27-,35+/m0/s1. The van der Waals surface area contributed by atoms with Gasteiger partial charge in [0.1, 0.15) is 18.3 Å². The summed E-state index contributed by atoms with van der Waals surface area (Å²) in [5.41, 5.74) is 2.54. The van der Waals surface area contributed by atoms with E-state index in [0.717, 1.165) is 15.4 Å². The molecule has 48 heavy (non-hydrogen) atoms. The second-order valence-corrected chi connectivity index (χ2v) is 14.2. The van der Waals surface area contributed by atoms with Crippen LogP contribution < -0.4 is 14.4 Å². The van der Waals surface area contributed by atoms with Crippen LogP contribution in [-0.4, -0.2) is 50.4 Å². The third kappa shape index (κ3) is 9.52. The highest BCUT2D eigenvalue weighted by Crippen LogP contribution is 2.28. The molecule has 0 radical (unpaired) electrons. The minimum absolute atomic E-state index is 0.0254. The lowest BCUT2D eigenvalue weighted by atomic mass is 10.0. The van der Waals surface area contributed by atoms with Crippen LogP contribution in [0.3, 0.4) is 0 Å². The minimum atomic E-state index is -4.24. The van der Waals surface area contributed by atoms with Crippen LogP contribution in [0.4, 0.5) is 5.69 Å². The van der Waals surface area contributed by atoms with Gasteiger partial charge in [0.25, 0.3) is 10.0 Å². The molecule has 0 aromatic heterocycles. The monoisotopic (exact) mass is 709 g/mol. The van der Waals surface area contributed by atoms with Gasteiger partial charge in [-0.1, -0.05) is 84.2 Å². The lowest BCUT2D eigenvalue weighted by Crippen LogP contribution is -2.54. The molecule has 0 bridgehead atoms. The summed E-state index contributed by atoms with van der Waals surface area (Å²) >= 11 is 12.8. The van der Waals surface area contributed by atoms with Crippen molar-refractivity contribution >= 4 is 50.7 Å². The Morgan fingerprint density at radius 3 is 2.17 bits per heavy atom. The highest BCUT2D eigenvalue weighted by atomic mass is 35.5. The van der Waals surface area contributed by atoms with Crippen molar-refractivity contribution in [3.8, 4) is 5.75 Å². The molecule has 0 aliphatic carbocycles. The van der Waals surface area contributed by atoms with Gasteiger partial charge in [-0.2, -0.15) is 0 Å². The summed E-state index contributed by atoms with van der Waals surface area (Å²) in [6.07, 6.45) is 0.870. The van der Waals surface area contributed by atoms with Gasteiger partial charge in [-0.15, -0.1) is 0 Å². The molecule has 0 fully saturated rings. The van der Waals surface area contributed by atoms with Gasteiger partial charge in [-0.3, -0.25) is 13.9 Å². The van der Waals surface area contributed by atoms with Gasteiger partial charge < -0.3 is 15.0 Å². The third-order valence-corrected chi connectivity index (χ3v) is 10.3. The van der Waals surface area contributed by atoms with Gasteiger partial charge in [-0.05, 0) is 86.8 Å². The first kappa shape index (κ1) is 36.8. The predicted octanol–water partition coefficient (Wildman–Crippen LogP) is 7.45. The molecule has 0 saturated carbocycles. The number of nitrogens with one attached hydrogen (secondary N) is 1. The number of ether oxygens (including phenoxy) is 1. The first-order chi connectivity index (χ1) is 22.9. The van der Waals surface area contributed by atoms with Crippen LogP contribution >= 0.6 is 23.2 Å². The van der Waals surface area contributed by atoms with E-state index in [9.17, 15) is 18.0 Å². The molecule has 4 aromatic rings. The maximum absolute atomic E-state index is 14.6. The van der Waals surface area contributed by atoms with E-state index < -0.39 is 28.5 Å². The molecule has 254 valence electrons. The second kappa shape index (κ2) is 16.9. The Hall–Kier alpha value is -4.05. The SMILES string of the molecule is CCOc1ccc(N(CC(=O)N(Cc2ccc(Cl)cc2Cl)[C@H](Cc2ccccc2)C(=O)N[C@@H](C)CC)S(=O)(=O)c2ccc(C)cc2)cc1. The molecule has 4 rings (SSSR count). The number of carbonyl (C=O) groups is 2. The molecule has 11 heteroatoms. The van der Waals surface area contributed by atoms with Crippen molar-refractivity contribution < 1.29 is 22.7 Å². The molecule has 8 nitrogen and oxygen atoms in total. The molecular formula is C37H41Cl2N3O5S. The van der Waals surface area contributed by atoms with Crippen molar-refractivity contribution in [2.75, 3.05) is 17.5 Å². The molecule has 0 aliphatic heterocycles. The van der Waals surface area contributed by atoms with Crippen LogP contribution in [-0.2, 0) is 32.6 Å². The van der Waals surface area contributed by atoms with Crippen LogP contribution in [0.1, 0.15) is 43.9 Å². The zero-order valence-electron chi connectivity index (χ0n) is 27.5. The first-order valence-electron chi connectivity index (χ1n) is 15.8. The number of nitrogens with zero attached hydrogens (tertiary/aromatic N) is 2. The normalized spacial score (nSPS) is 12.5. The predicted molar refractivity (Wildman–Crippen MR) is 192 cm³/mol. The van der Waals surface area contributed by atoms with E-state index in [0.29, 0.717) is 34.4 Å². The Balaban J connectivity index is 1.83. The fourth-order valence-corrected chi connectivity index (χ4v) is 6.95. The van der Waals surface area contributed by atoms with E-state index >= 15 is 0 Å². The van der Waals surface area contributed by atoms with Crippen molar-refractivity contribution in [3.05, 3.63) is 124 Å². The second-order valence-electron chi connectivity index (χ2n) is 11.5. The number of hydrogen-bond donors (Lipinski definition) is 1. The van der Waals surface area contributed by atoms with E-state index in [1.807, 2.05) is 58.0 Å². The largest absolute Gasteiger partial charge is 0.494 e. The van der Waals surface area contributed by atoms with E-state index in [1.54, 1.807) is 54.6 Å². The van der Waals surface area contributed by atoms with Crippen LogP contribution in [0.15, 0.2) is 102 Å². The third-order valence-electron chi connectivity index (χ3n) is 7.95. The smallest absolute Gasteiger partial charge is 0.264 e. The van der Waals surface area contributed by atoms with Crippen molar-refractivity contribution in [2.24, 2.45) is 0 Å². The maximum Gasteiger partial charge on any atom is 0.264 e. The Morgan fingerprint density at radius 1 is 0.896 bits per heavy atom. The number of halogens is 2. The lowest BCUT2D eigenvalue weighted by molar-refractivity contribution is -0.140. The molecule has 0 heterocycles. The number of anilines is 1. The maximum atomic E-state index is 14.6. The summed E-state index contributed by atoms with van der Waals surface area (Å²) in [5, 5.41) is 3.76. The number of benzene rings is 4. The average Bonchev–Trinajstić information content (AvgIpc) is 3.07. The van der Waals surface area contributed by atoms with E-state index in [2.05, 4.69) is 5.32 Å². The van der Waals surface area contributed by atoms with Gasteiger partial charge in [0.2, 0.25) is 11.8 Å². The molecule has 2 amide bonds. The summed E-state index contributed by atoms with van der Waals surface area (Å²) in [4.78, 5) is 30.1. The Kier molecular flexibility index (Phi) is 12.9. The van der Waals surface area contributed by atoms with Crippen LogP contribution in [0, 0.1) is 6.92 Å². The number of aryl methyl sites for hydroxylation is 1. The summed E-state index contributed by atoms with van der Waals surface area (Å²) in [6, 6.07) is 26.1. The number of carbonyl (C=O) groups excluding carboxylic acids is 2. The first-order valence-corrected chi connectivity index (χ1v) is 18.0. The number of hydrogen-bond acceptors (Lipinski definition) is 5. The molecule has 4 aromatic carbocycles. The van der Waals surface area contributed by atoms with Gasteiger partial charge in [0.15, 0.2) is 0 Å². The van der Waals surface area contributed by atoms with Crippen molar-refractivity contribution in [1.29, 1.82) is 0 Å². The molecule has 1 N–H and O–H groups in total. The van der Waals surface area contributed by atoms with E-state index in [1.165, 1.54) is 17.0 Å². The van der Waals surface area contributed by atoms with Gasteiger partial charge >= 0.3 is 0 Å². The van der Waals surface area contributed by atoms with Crippen LogP contribution in [0.5, 0.6) is 5.75 Å². The summed E-state index contributed by atoms with van der Waals surface area (Å²) < 4.78 is 35.1. The lowest BCUT2D eigenvalue weighted by Gasteiger charge is -2.34. The fraction of sp³-hybridized carbons (Fsp3) is 0.297. The van der Waals surface area contributed by atoms with E-state index in [-0.39, 0.29) is 35.5 Å². The average molecular weight is 711 g/mol. The molecule has 2 atom stereocenters. The summed E-state index contributed by atoms with van der Waals surface area (Å²) in [5.74, 6) is -0.393. The van der Waals surface area contributed by atoms with Crippen LogP contribution in [0.25, 0.3) is 0 Å². The van der Waals surface area contributed by atoms with Crippen molar-refractivity contribution in [3.63, 3.8) is 0 Å². The highest BCUT2D eigenvalue weighted by molar-refractivity contribution is 7.92. The molecule has 0 aliphatic rings. The highest BCUT2D eigenvalue weighted by Gasteiger charge is 2.35. The van der Waals surface area contributed by atoms with Crippen LogP contribution in [0.2, 0.25) is 10.0 Å². The Bertz CT molecular complexity index is 1790. The van der Waals surface area contributed by atoms with Gasteiger partial charge in [-0.25, -0.2) is 8.42 Å². The summed E-state index contributed by atoms with van der Waals surface area (Å²) in [7, 11) is -4.24. The quantitative estimate of drug-likeness (QED) is 0.138. The van der Waals surface area contributed by atoms with Gasteiger partial charge in [0.05, 0.1) is 17.2 Å². The fourth-order valence-electron chi connectivity index (χ4n) is 5.07. The van der Waals surface area contributed by atoms with E-state index in [4.69, 9.17) is 27.9 Å².